The van der Waals surface area contributed by atoms with Crippen LogP contribution in [0.5, 0.6) is 5.75 Å². The van der Waals surface area contributed by atoms with Gasteiger partial charge in [-0.2, -0.15) is 0 Å². The van der Waals surface area contributed by atoms with E-state index in [0.717, 1.165) is 15.6 Å². The standard InChI is InChI=1S/C17H10BrClO3/c18-14-8-11(3-6-15(14)19)13-9-17(21)22-16(13)7-10-1-4-12(20)5-2-10/h1-9,20H/b16-7-. The molecule has 1 aliphatic rings. The lowest BCUT2D eigenvalue weighted by Gasteiger charge is -2.06. The van der Waals surface area contributed by atoms with E-state index >= 15 is 0 Å². The van der Waals surface area contributed by atoms with Crippen LogP contribution >= 0.6 is 27.5 Å². The molecule has 0 spiro atoms. The SMILES string of the molecule is O=C1C=C(c2ccc(Cl)c(Br)c2)/C(=C/c2ccc(O)cc2)O1. The number of carbonyl (C=O) groups excluding carboxylic acids is 1. The first kappa shape index (κ1) is 14.9. The number of rotatable bonds is 2. The Balaban J connectivity index is 2.01. The van der Waals surface area contributed by atoms with Crippen molar-refractivity contribution < 1.29 is 14.6 Å². The van der Waals surface area contributed by atoms with E-state index in [9.17, 15) is 9.90 Å². The highest BCUT2D eigenvalue weighted by molar-refractivity contribution is 9.10. The molecule has 5 heteroatoms. The van der Waals surface area contributed by atoms with Crippen LogP contribution in [0, 0.1) is 0 Å². The Morgan fingerprint density at radius 1 is 1.14 bits per heavy atom. The molecule has 1 aliphatic heterocycles. The first-order valence-corrected chi connectivity index (χ1v) is 7.60. The molecule has 0 saturated heterocycles. The van der Waals surface area contributed by atoms with Gasteiger partial charge in [0.2, 0.25) is 0 Å². The van der Waals surface area contributed by atoms with Crippen LogP contribution in [0.3, 0.4) is 0 Å². The van der Waals surface area contributed by atoms with Gasteiger partial charge in [0.25, 0.3) is 0 Å². The first-order chi connectivity index (χ1) is 10.5. The Morgan fingerprint density at radius 3 is 2.55 bits per heavy atom. The maximum absolute atomic E-state index is 11.6. The van der Waals surface area contributed by atoms with Gasteiger partial charge in [0, 0.05) is 16.1 Å². The zero-order valence-corrected chi connectivity index (χ0v) is 13.6. The number of halogens is 2. The third-order valence-corrected chi connectivity index (χ3v) is 4.37. The van der Waals surface area contributed by atoms with Crippen LogP contribution < -0.4 is 0 Å². The third kappa shape index (κ3) is 3.08. The molecule has 0 radical (unpaired) electrons. The van der Waals surface area contributed by atoms with E-state index in [1.54, 1.807) is 36.4 Å². The van der Waals surface area contributed by atoms with Gasteiger partial charge in [0.15, 0.2) is 0 Å². The van der Waals surface area contributed by atoms with Gasteiger partial charge >= 0.3 is 5.97 Å². The average Bonchev–Trinajstić information content (AvgIpc) is 2.85. The number of ether oxygens (including phenoxy) is 1. The molecule has 0 atom stereocenters. The molecule has 3 nitrogen and oxygen atoms in total. The number of carbonyl (C=O) groups is 1. The Morgan fingerprint density at radius 2 is 1.86 bits per heavy atom. The third-order valence-electron chi connectivity index (χ3n) is 3.16. The summed E-state index contributed by atoms with van der Waals surface area (Å²) in [5, 5.41) is 9.91. The van der Waals surface area contributed by atoms with E-state index in [1.165, 1.54) is 6.08 Å². The van der Waals surface area contributed by atoms with E-state index in [-0.39, 0.29) is 5.75 Å². The summed E-state index contributed by atoms with van der Waals surface area (Å²) in [6, 6.07) is 12.0. The molecule has 110 valence electrons. The molecular weight excluding hydrogens is 368 g/mol. The molecule has 0 amide bonds. The molecule has 1 heterocycles. The molecule has 0 aliphatic carbocycles. The molecule has 0 bridgehead atoms. The second-order valence-corrected chi connectivity index (χ2v) is 5.97. The molecule has 0 unspecified atom stereocenters. The number of phenolic OH excluding ortho intramolecular Hbond substituents is 1. The van der Waals surface area contributed by atoms with Crippen molar-refractivity contribution in [1.82, 2.24) is 0 Å². The number of hydrogen-bond donors (Lipinski definition) is 1. The predicted octanol–water partition coefficient (Wildman–Crippen LogP) is 4.79. The minimum Gasteiger partial charge on any atom is -0.508 e. The highest BCUT2D eigenvalue weighted by atomic mass is 79.9. The summed E-state index contributed by atoms with van der Waals surface area (Å²) in [6.45, 7) is 0. The van der Waals surface area contributed by atoms with Crippen LogP contribution in [0.15, 0.2) is 58.8 Å². The Hall–Kier alpha value is -2.04. The second-order valence-electron chi connectivity index (χ2n) is 4.71. The number of cyclic esters (lactones) is 1. The van der Waals surface area contributed by atoms with Gasteiger partial charge in [0.1, 0.15) is 11.5 Å². The van der Waals surface area contributed by atoms with Crippen molar-refractivity contribution in [3.05, 3.63) is 74.9 Å². The molecule has 0 fully saturated rings. The summed E-state index contributed by atoms with van der Waals surface area (Å²) in [4.78, 5) is 11.6. The zero-order valence-electron chi connectivity index (χ0n) is 11.2. The van der Waals surface area contributed by atoms with Crippen molar-refractivity contribution in [2.45, 2.75) is 0 Å². The van der Waals surface area contributed by atoms with E-state index in [2.05, 4.69) is 15.9 Å². The number of phenols is 1. The van der Waals surface area contributed by atoms with Gasteiger partial charge in [0.05, 0.1) is 5.02 Å². The number of benzene rings is 2. The Labute approximate surface area is 140 Å². The van der Waals surface area contributed by atoms with Crippen LogP contribution in [0.1, 0.15) is 11.1 Å². The monoisotopic (exact) mass is 376 g/mol. The fraction of sp³-hybridized carbons (Fsp3) is 0. The lowest BCUT2D eigenvalue weighted by molar-refractivity contribution is -0.132. The largest absolute Gasteiger partial charge is 0.508 e. The molecule has 22 heavy (non-hydrogen) atoms. The van der Waals surface area contributed by atoms with Gasteiger partial charge in [-0.05, 0) is 57.4 Å². The smallest absolute Gasteiger partial charge is 0.336 e. The molecule has 0 aromatic heterocycles. The second kappa shape index (κ2) is 5.99. The minimum atomic E-state index is -0.411. The van der Waals surface area contributed by atoms with Crippen molar-refractivity contribution in [2.75, 3.05) is 0 Å². The number of aromatic hydroxyl groups is 1. The van der Waals surface area contributed by atoms with Crippen molar-refractivity contribution in [2.24, 2.45) is 0 Å². The maximum atomic E-state index is 11.6. The quantitative estimate of drug-likeness (QED) is 0.766. The van der Waals surface area contributed by atoms with E-state index in [0.29, 0.717) is 16.4 Å². The van der Waals surface area contributed by atoms with Gasteiger partial charge < -0.3 is 9.84 Å². The number of esters is 1. The zero-order chi connectivity index (χ0) is 15.7. The summed E-state index contributed by atoms with van der Waals surface area (Å²) < 4.78 is 6.00. The molecular formula is C17H10BrClO3. The molecule has 2 aromatic carbocycles. The van der Waals surface area contributed by atoms with E-state index < -0.39 is 5.97 Å². The number of allylic oxidation sites excluding steroid dienone is 1. The van der Waals surface area contributed by atoms with Crippen molar-refractivity contribution in [3.63, 3.8) is 0 Å². The summed E-state index contributed by atoms with van der Waals surface area (Å²) >= 11 is 9.37. The van der Waals surface area contributed by atoms with Crippen molar-refractivity contribution in [3.8, 4) is 5.75 Å². The molecule has 3 rings (SSSR count). The van der Waals surface area contributed by atoms with Gasteiger partial charge in [-0.3, -0.25) is 0 Å². The van der Waals surface area contributed by atoms with Gasteiger partial charge in [-0.25, -0.2) is 4.79 Å². The summed E-state index contributed by atoms with van der Waals surface area (Å²) in [5.41, 5.74) is 2.34. The van der Waals surface area contributed by atoms with Gasteiger partial charge in [-0.15, -0.1) is 0 Å². The van der Waals surface area contributed by atoms with E-state index in [1.807, 2.05) is 12.1 Å². The molecule has 2 aromatic rings. The first-order valence-electron chi connectivity index (χ1n) is 6.43. The fourth-order valence-electron chi connectivity index (χ4n) is 2.10. The highest BCUT2D eigenvalue weighted by Gasteiger charge is 2.22. The lowest BCUT2D eigenvalue weighted by Crippen LogP contribution is -1.91. The predicted molar refractivity (Wildman–Crippen MR) is 89.3 cm³/mol. The van der Waals surface area contributed by atoms with Gasteiger partial charge in [-0.1, -0.05) is 29.8 Å². The van der Waals surface area contributed by atoms with Crippen LogP contribution in [0.25, 0.3) is 11.6 Å². The lowest BCUT2D eigenvalue weighted by atomic mass is 10.0. The van der Waals surface area contributed by atoms with Crippen molar-refractivity contribution in [1.29, 1.82) is 0 Å². The molecule has 1 N–H and O–H groups in total. The van der Waals surface area contributed by atoms with Crippen LogP contribution in [0.2, 0.25) is 5.02 Å². The van der Waals surface area contributed by atoms with Crippen LogP contribution in [-0.4, -0.2) is 11.1 Å². The van der Waals surface area contributed by atoms with Crippen LogP contribution in [0.4, 0.5) is 0 Å². The minimum absolute atomic E-state index is 0.183. The normalized spacial score (nSPS) is 15.8. The fourth-order valence-corrected chi connectivity index (χ4v) is 2.60. The maximum Gasteiger partial charge on any atom is 0.336 e. The Kier molecular flexibility index (Phi) is 4.05. The summed E-state index contributed by atoms with van der Waals surface area (Å²) in [6.07, 6.45) is 3.20. The number of hydrogen-bond acceptors (Lipinski definition) is 3. The highest BCUT2D eigenvalue weighted by Crippen LogP contribution is 2.34. The van der Waals surface area contributed by atoms with E-state index in [4.69, 9.17) is 16.3 Å². The topological polar surface area (TPSA) is 46.5 Å². The summed E-state index contributed by atoms with van der Waals surface area (Å²) in [5.74, 6) is 0.235. The Bertz CT molecular complexity index is 807. The molecule has 0 saturated carbocycles. The average molecular weight is 378 g/mol. The van der Waals surface area contributed by atoms with Crippen LogP contribution in [-0.2, 0) is 9.53 Å². The van der Waals surface area contributed by atoms with Crippen molar-refractivity contribution >= 4 is 45.1 Å². The summed E-state index contributed by atoms with van der Waals surface area (Å²) in [7, 11) is 0.